The predicted octanol–water partition coefficient (Wildman–Crippen LogP) is 2.87. The highest BCUT2D eigenvalue weighted by Gasteiger charge is 2.29. The third-order valence-electron chi connectivity index (χ3n) is 3.09. The van der Waals surface area contributed by atoms with E-state index < -0.39 is 5.82 Å². The van der Waals surface area contributed by atoms with Crippen molar-refractivity contribution in [3.05, 3.63) is 41.3 Å². The first-order valence-electron chi connectivity index (χ1n) is 6.39. The second-order valence-corrected chi connectivity index (χ2v) is 4.81. The molecule has 5 nitrogen and oxygen atoms in total. The number of ether oxygens (including phenoxy) is 1. The van der Waals surface area contributed by atoms with Crippen LogP contribution in [-0.4, -0.2) is 15.9 Å². The van der Waals surface area contributed by atoms with Crippen LogP contribution >= 0.6 is 0 Å². The second kappa shape index (κ2) is 5.03. The van der Waals surface area contributed by atoms with Crippen LogP contribution in [0.15, 0.2) is 22.7 Å². The largest absolute Gasteiger partial charge is 0.485 e. The van der Waals surface area contributed by atoms with Crippen molar-refractivity contribution in [2.45, 2.75) is 32.3 Å². The average Bonchev–Trinajstić information content (AvgIpc) is 3.17. The van der Waals surface area contributed by atoms with E-state index in [9.17, 15) is 9.18 Å². The molecule has 1 fully saturated rings. The molecule has 1 aromatic carbocycles. The fourth-order valence-corrected chi connectivity index (χ4v) is 1.87. The van der Waals surface area contributed by atoms with Crippen molar-refractivity contribution >= 4 is 5.78 Å². The van der Waals surface area contributed by atoms with Crippen molar-refractivity contribution < 1.29 is 18.4 Å². The summed E-state index contributed by atoms with van der Waals surface area (Å²) < 4.78 is 23.7. The zero-order valence-corrected chi connectivity index (χ0v) is 10.9. The van der Waals surface area contributed by atoms with Crippen LogP contribution in [0, 0.1) is 5.82 Å². The molecule has 0 aliphatic heterocycles. The van der Waals surface area contributed by atoms with Crippen LogP contribution < -0.4 is 4.74 Å². The number of carbonyl (C=O) groups excluding carboxylic acids is 1. The molecule has 0 atom stereocenters. The Bertz CT molecular complexity index is 650. The minimum absolute atomic E-state index is 0.0854. The summed E-state index contributed by atoms with van der Waals surface area (Å²) in [5.74, 6) is 1.02. The summed E-state index contributed by atoms with van der Waals surface area (Å²) in [5, 5.41) is 3.81. The van der Waals surface area contributed by atoms with Crippen molar-refractivity contribution in [2.75, 3.05) is 0 Å². The Morgan fingerprint density at radius 2 is 2.30 bits per heavy atom. The molecule has 0 spiro atoms. The van der Waals surface area contributed by atoms with E-state index in [0.717, 1.165) is 18.9 Å². The van der Waals surface area contributed by atoms with Gasteiger partial charge >= 0.3 is 0 Å². The highest BCUT2D eigenvalue weighted by molar-refractivity contribution is 5.96. The van der Waals surface area contributed by atoms with Gasteiger partial charge in [-0.2, -0.15) is 4.98 Å². The van der Waals surface area contributed by atoms with Gasteiger partial charge in [0.1, 0.15) is 11.6 Å². The molecule has 0 bridgehead atoms. The van der Waals surface area contributed by atoms with Gasteiger partial charge in [-0.1, -0.05) is 5.16 Å². The van der Waals surface area contributed by atoms with Crippen LogP contribution in [0.4, 0.5) is 4.39 Å². The number of Topliss-reactive ketones (excluding diaryl/α,β-unsaturated/α-hetero) is 1. The van der Waals surface area contributed by atoms with E-state index in [4.69, 9.17) is 9.26 Å². The highest BCUT2D eigenvalue weighted by Crippen LogP contribution is 2.38. The lowest BCUT2D eigenvalue weighted by Crippen LogP contribution is -2.03. The molecule has 0 saturated heterocycles. The third-order valence-corrected chi connectivity index (χ3v) is 3.09. The second-order valence-electron chi connectivity index (χ2n) is 4.81. The predicted molar refractivity (Wildman–Crippen MR) is 67.0 cm³/mol. The van der Waals surface area contributed by atoms with Gasteiger partial charge in [0.25, 0.3) is 0 Å². The maximum atomic E-state index is 13.1. The van der Waals surface area contributed by atoms with Crippen LogP contribution in [0.25, 0.3) is 0 Å². The summed E-state index contributed by atoms with van der Waals surface area (Å²) >= 11 is 0. The number of nitrogens with zero attached hydrogens (tertiary/aromatic N) is 2. The van der Waals surface area contributed by atoms with Gasteiger partial charge in [0.05, 0.1) is 5.56 Å². The number of carbonyl (C=O) groups is 1. The summed E-state index contributed by atoms with van der Waals surface area (Å²) in [4.78, 5) is 15.7. The van der Waals surface area contributed by atoms with Crippen molar-refractivity contribution in [1.29, 1.82) is 0 Å². The summed E-state index contributed by atoms with van der Waals surface area (Å²) in [6.07, 6.45) is 2.16. The summed E-state index contributed by atoms with van der Waals surface area (Å²) in [6, 6.07) is 3.82. The number of hydrogen-bond donors (Lipinski definition) is 0. The first-order valence-corrected chi connectivity index (χ1v) is 6.39. The maximum absolute atomic E-state index is 13.1. The van der Waals surface area contributed by atoms with Gasteiger partial charge < -0.3 is 9.26 Å². The van der Waals surface area contributed by atoms with Gasteiger partial charge in [-0.3, -0.25) is 4.79 Å². The van der Waals surface area contributed by atoms with Gasteiger partial charge in [0, 0.05) is 5.92 Å². The Kier molecular flexibility index (Phi) is 3.22. The maximum Gasteiger partial charge on any atom is 0.229 e. The molecule has 0 N–H and O–H groups in total. The minimum atomic E-state index is -0.474. The topological polar surface area (TPSA) is 65.2 Å². The van der Waals surface area contributed by atoms with Gasteiger partial charge in [0.15, 0.2) is 12.4 Å². The lowest BCUT2D eigenvalue weighted by atomic mass is 10.1. The quantitative estimate of drug-likeness (QED) is 0.786. The molecule has 1 aromatic heterocycles. The molecule has 6 heteroatoms. The van der Waals surface area contributed by atoms with E-state index in [1.54, 1.807) is 0 Å². The molecule has 1 heterocycles. The number of hydrogen-bond acceptors (Lipinski definition) is 5. The first-order chi connectivity index (χ1) is 9.63. The van der Waals surface area contributed by atoms with E-state index in [-0.39, 0.29) is 18.0 Å². The molecule has 0 radical (unpaired) electrons. The van der Waals surface area contributed by atoms with E-state index >= 15 is 0 Å². The first kappa shape index (κ1) is 12.8. The smallest absolute Gasteiger partial charge is 0.229 e. The van der Waals surface area contributed by atoms with Crippen LogP contribution in [0.3, 0.4) is 0 Å². The molecule has 104 valence electrons. The molecule has 0 amide bonds. The molecule has 1 saturated carbocycles. The van der Waals surface area contributed by atoms with Gasteiger partial charge in [-0.15, -0.1) is 0 Å². The number of aromatic nitrogens is 2. The minimum Gasteiger partial charge on any atom is -0.485 e. The Morgan fingerprint density at radius 1 is 1.50 bits per heavy atom. The lowest BCUT2D eigenvalue weighted by Gasteiger charge is -2.07. The molecule has 20 heavy (non-hydrogen) atoms. The van der Waals surface area contributed by atoms with E-state index in [0.29, 0.717) is 23.4 Å². The Balaban J connectivity index is 1.72. The number of benzene rings is 1. The zero-order valence-electron chi connectivity index (χ0n) is 10.9. The van der Waals surface area contributed by atoms with Crippen LogP contribution in [0.5, 0.6) is 5.75 Å². The van der Waals surface area contributed by atoms with E-state index in [1.807, 2.05) is 0 Å². The highest BCUT2D eigenvalue weighted by atomic mass is 19.1. The summed E-state index contributed by atoms with van der Waals surface area (Å²) in [5.41, 5.74) is 0.205. The Hall–Kier alpha value is -2.24. The number of rotatable bonds is 5. The molecule has 1 aliphatic rings. The lowest BCUT2D eigenvalue weighted by molar-refractivity contribution is 0.101. The SMILES string of the molecule is CC(=O)c1cc(F)ccc1OCc1noc(C2CC2)n1. The monoisotopic (exact) mass is 276 g/mol. The molecular formula is C14H13FN2O3. The fraction of sp³-hybridized carbons (Fsp3) is 0.357. The van der Waals surface area contributed by atoms with Gasteiger partial charge in [-0.25, -0.2) is 4.39 Å². The van der Waals surface area contributed by atoms with Gasteiger partial charge in [-0.05, 0) is 38.0 Å². The van der Waals surface area contributed by atoms with Crippen LogP contribution in [0.2, 0.25) is 0 Å². The van der Waals surface area contributed by atoms with Crippen LogP contribution in [-0.2, 0) is 6.61 Å². The molecule has 1 aliphatic carbocycles. The zero-order chi connectivity index (χ0) is 14.1. The molecule has 0 unspecified atom stereocenters. The fourth-order valence-electron chi connectivity index (χ4n) is 1.87. The van der Waals surface area contributed by atoms with Crippen molar-refractivity contribution in [3.63, 3.8) is 0 Å². The molecule has 3 rings (SSSR count). The van der Waals surface area contributed by atoms with E-state index in [2.05, 4.69) is 10.1 Å². The van der Waals surface area contributed by atoms with Crippen molar-refractivity contribution in [3.8, 4) is 5.75 Å². The van der Waals surface area contributed by atoms with Crippen LogP contribution in [0.1, 0.15) is 47.8 Å². The number of halogens is 1. The third kappa shape index (κ3) is 2.68. The van der Waals surface area contributed by atoms with Crippen molar-refractivity contribution in [1.82, 2.24) is 10.1 Å². The number of ketones is 1. The van der Waals surface area contributed by atoms with Gasteiger partial charge in [0.2, 0.25) is 11.7 Å². The standard InChI is InChI=1S/C14H13FN2O3/c1-8(18)11-6-10(15)4-5-12(11)19-7-13-16-14(20-17-13)9-2-3-9/h4-6,9H,2-3,7H2,1H3. The Morgan fingerprint density at radius 3 is 3.00 bits per heavy atom. The normalized spacial score (nSPS) is 14.3. The average molecular weight is 276 g/mol. The Labute approximate surface area is 114 Å². The summed E-state index contributed by atoms with van der Waals surface area (Å²) in [7, 11) is 0. The van der Waals surface area contributed by atoms with Crippen molar-refractivity contribution in [2.24, 2.45) is 0 Å². The molecule has 2 aromatic rings. The summed E-state index contributed by atoms with van der Waals surface area (Å²) in [6.45, 7) is 1.45. The van der Waals surface area contributed by atoms with E-state index in [1.165, 1.54) is 19.1 Å². The molecular weight excluding hydrogens is 263 g/mol.